The number of aromatic nitrogens is 6. The SMILES string of the molecule is CC(C)C(NC(=O)/C=C/c1cn(-c2ccccc2)nc1-c1cccnc1)c1nc(-c2ccncc2)no1. The maximum Gasteiger partial charge on any atom is 0.249 e. The fourth-order valence-corrected chi connectivity index (χ4v) is 3.81. The summed E-state index contributed by atoms with van der Waals surface area (Å²) in [7, 11) is 0. The van der Waals surface area contributed by atoms with Crippen molar-refractivity contribution in [3.63, 3.8) is 0 Å². The molecule has 1 N–H and O–H groups in total. The molecule has 0 spiro atoms. The molecule has 0 aliphatic rings. The molecule has 1 atom stereocenters. The number of amides is 1. The lowest BCUT2D eigenvalue weighted by atomic mass is 10.0. The molecule has 184 valence electrons. The second-order valence-electron chi connectivity index (χ2n) is 8.71. The highest BCUT2D eigenvalue weighted by atomic mass is 16.5. The molecule has 0 saturated carbocycles. The van der Waals surface area contributed by atoms with Crippen LogP contribution in [0.4, 0.5) is 0 Å². The van der Waals surface area contributed by atoms with E-state index in [0.29, 0.717) is 11.7 Å². The van der Waals surface area contributed by atoms with Crippen LogP contribution in [0.15, 0.2) is 96.2 Å². The molecule has 9 heteroatoms. The monoisotopic (exact) mass is 491 g/mol. The number of para-hydroxylation sites is 1. The molecule has 0 aliphatic heterocycles. The fraction of sp³-hybridized carbons (Fsp3) is 0.143. The third-order valence-corrected chi connectivity index (χ3v) is 5.72. The Labute approximate surface area is 213 Å². The largest absolute Gasteiger partial charge is 0.340 e. The highest BCUT2D eigenvalue weighted by Gasteiger charge is 2.24. The highest BCUT2D eigenvalue weighted by molar-refractivity contribution is 5.93. The lowest BCUT2D eigenvalue weighted by Gasteiger charge is -2.17. The number of nitrogens with zero attached hydrogens (tertiary/aromatic N) is 6. The smallest absolute Gasteiger partial charge is 0.249 e. The van der Waals surface area contributed by atoms with Gasteiger partial charge in [-0.2, -0.15) is 10.1 Å². The Bertz CT molecular complexity index is 1490. The zero-order valence-electron chi connectivity index (χ0n) is 20.4. The van der Waals surface area contributed by atoms with E-state index in [0.717, 1.165) is 28.1 Å². The first-order valence-corrected chi connectivity index (χ1v) is 11.9. The summed E-state index contributed by atoms with van der Waals surface area (Å²) in [4.78, 5) is 25.7. The van der Waals surface area contributed by atoms with Gasteiger partial charge in [-0.15, -0.1) is 0 Å². The molecular formula is C28H25N7O2. The average molecular weight is 492 g/mol. The van der Waals surface area contributed by atoms with Crippen molar-refractivity contribution in [3.05, 3.63) is 103 Å². The third-order valence-electron chi connectivity index (χ3n) is 5.72. The summed E-state index contributed by atoms with van der Waals surface area (Å²) >= 11 is 0. The van der Waals surface area contributed by atoms with E-state index in [1.165, 1.54) is 6.08 Å². The number of carbonyl (C=O) groups excluding carboxylic acids is 1. The van der Waals surface area contributed by atoms with Crippen LogP contribution in [0.25, 0.3) is 34.4 Å². The molecular weight excluding hydrogens is 466 g/mol. The van der Waals surface area contributed by atoms with E-state index in [9.17, 15) is 4.79 Å². The van der Waals surface area contributed by atoms with E-state index < -0.39 is 6.04 Å². The van der Waals surface area contributed by atoms with Crippen LogP contribution in [0.2, 0.25) is 0 Å². The lowest BCUT2D eigenvalue weighted by Crippen LogP contribution is -2.30. The molecule has 1 aromatic carbocycles. The van der Waals surface area contributed by atoms with E-state index in [-0.39, 0.29) is 11.8 Å². The molecule has 37 heavy (non-hydrogen) atoms. The third kappa shape index (κ3) is 5.51. The quantitative estimate of drug-likeness (QED) is 0.307. The van der Waals surface area contributed by atoms with Crippen molar-refractivity contribution >= 4 is 12.0 Å². The number of pyridine rings is 2. The summed E-state index contributed by atoms with van der Waals surface area (Å²) in [6, 6.07) is 16.7. The number of carbonyl (C=O) groups is 1. The maximum absolute atomic E-state index is 13.0. The Kier molecular flexibility index (Phi) is 6.93. The van der Waals surface area contributed by atoms with Crippen LogP contribution < -0.4 is 5.32 Å². The Morgan fingerprint density at radius 3 is 2.51 bits per heavy atom. The normalized spacial score (nSPS) is 12.2. The molecule has 0 saturated heterocycles. The molecule has 5 aromatic rings. The number of hydrogen-bond acceptors (Lipinski definition) is 7. The average Bonchev–Trinajstić information content (AvgIpc) is 3.60. The maximum atomic E-state index is 13.0. The second-order valence-corrected chi connectivity index (χ2v) is 8.71. The van der Waals surface area contributed by atoms with Crippen LogP contribution in [0.5, 0.6) is 0 Å². The van der Waals surface area contributed by atoms with E-state index in [2.05, 4.69) is 25.4 Å². The first-order valence-electron chi connectivity index (χ1n) is 11.9. The minimum Gasteiger partial charge on any atom is -0.340 e. The van der Waals surface area contributed by atoms with Gasteiger partial charge in [-0.05, 0) is 48.4 Å². The molecule has 4 aromatic heterocycles. The minimum atomic E-state index is -0.454. The van der Waals surface area contributed by atoms with Crippen molar-refractivity contribution in [1.29, 1.82) is 0 Å². The Morgan fingerprint density at radius 1 is 0.973 bits per heavy atom. The molecule has 0 aliphatic carbocycles. The van der Waals surface area contributed by atoms with E-state index >= 15 is 0 Å². The van der Waals surface area contributed by atoms with Gasteiger partial charge in [0, 0.05) is 53.8 Å². The molecule has 4 heterocycles. The molecule has 1 unspecified atom stereocenters. The van der Waals surface area contributed by atoms with Gasteiger partial charge < -0.3 is 9.84 Å². The second kappa shape index (κ2) is 10.8. The van der Waals surface area contributed by atoms with Gasteiger partial charge in [0.05, 0.1) is 5.69 Å². The van der Waals surface area contributed by atoms with Crippen molar-refractivity contribution in [3.8, 4) is 28.3 Å². The van der Waals surface area contributed by atoms with Gasteiger partial charge in [-0.25, -0.2) is 4.68 Å². The summed E-state index contributed by atoms with van der Waals surface area (Å²) in [5, 5.41) is 11.8. The van der Waals surface area contributed by atoms with Gasteiger partial charge in [-0.1, -0.05) is 37.2 Å². The molecule has 0 fully saturated rings. The van der Waals surface area contributed by atoms with Crippen LogP contribution in [-0.4, -0.2) is 35.8 Å². The highest BCUT2D eigenvalue weighted by Crippen LogP contribution is 2.25. The summed E-state index contributed by atoms with van der Waals surface area (Å²) in [5.74, 6) is 0.528. The Balaban J connectivity index is 1.38. The fourth-order valence-electron chi connectivity index (χ4n) is 3.81. The van der Waals surface area contributed by atoms with Crippen LogP contribution >= 0.6 is 0 Å². The van der Waals surface area contributed by atoms with Crippen LogP contribution in [-0.2, 0) is 4.79 Å². The van der Waals surface area contributed by atoms with Gasteiger partial charge in [0.2, 0.25) is 17.6 Å². The Morgan fingerprint density at radius 2 is 1.78 bits per heavy atom. The first kappa shape index (κ1) is 23.8. The predicted octanol–water partition coefficient (Wildman–Crippen LogP) is 4.91. The van der Waals surface area contributed by atoms with Crippen molar-refractivity contribution < 1.29 is 9.32 Å². The van der Waals surface area contributed by atoms with Crippen molar-refractivity contribution in [2.75, 3.05) is 0 Å². The zero-order valence-corrected chi connectivity index (χ0v) is 20.4. The standard InChI is InChI=1S/C28H25N7O2/c1-19(2)25(28-32-27(34-37-28)20-12-15-29-16-13-20)31-24(36)11-10-22-18-35(23-8-4-3-5-9-23)33-26(22)21-7-6-14-30-17-21/h3-19,25H,1-2H3,(H,31,36)/b11-10+. The lowest BCUT2D eigenvalue weighted by molar-refractivity contribution is -0.117. The number of benzene rings is 1. The number of rotatable bonds is 8. The zero-order chi connectivity index (χ0) is 25.6. The van der Waals surface area contributed by atoms with Crippen molar-refractivity contribution in [1.82, 2.24) is 35.2 Å². The molecule has 0 radical (unpaired) electrons. The van der Waals surface area contributed by atoms with Gasteiger partial charge in [-0.3, -0.25) is 14.8 Å². The van der Waals surface area contributed by atoms with Gasteiger partial charge in [0.25, 0.3) is 0 Å². The van der Waals surface area contributed by atoms with Gasteiger partial charge >= 0.3 is 0 Å². The summed E-state index contributed by atoms with van der Waals surface area (Å²) in [5.41, 5.74) is 4.06. The first-order chi connectivity index (χ1) is 18.1. The van der Waals surface area contributed by atoms with E-state index in [1.54, 1.807) is 47.7 Å². The van der Waals surface area contributed by atoms with Gasteiger partial charge in [0.1, 0.15) is 11.7 Å². The van der Waals surface area contributed by atoms with E-state index in [4.69, 9.17) is 9.62 Å². The number of hydrogen-bond donors (Lipinski definition) is 1. The Hall–Kier alpha value is -4.92. The van der Waals surface area contributed by atoms with Crippen molar-refractivity contribution in [2.24, 2.45) is 5.92 Å². The molecule has 5 rings (SSSR count). The molecule has 1 amide bonds. The topological polar surface area (TPSA) is 112 Å². The van der Waals surface area contributed by atoms with Crippen LogP contribution in [0.3, 0.4) is 0 Å². The minimum absolute atomic E-state index is 0.0230. The summed E-state index contributed by atoms with van der Waals surface area (Å²) in [6.45, 7) is 3.96. The van der Waals surface area contributed by atoms with Crippen LogP contribution in [0.1, 0.15) is 31.3 Å². The molecule has 0 bridgehead atoms. The van der Waals surface area contributed by atoms with Crippen LogP contribution in [0, 0.1) is 5.92 Å². The number of nitrogens with one attached hydrogen (secondary N) is 1. The van der Waals surface area contributed by atoms with Crippen molar-refractivity contribution in [2.45, 2.75) is 19.9 Å². The molecule has 9 nitrogen and oxygen atoms in total. The van der Waals surface area contributed by atoms with E-state index in [1.807, 2.05) is 62.5 Å². The predicted molar refractivity (Wildman–Crippen MR) is 139 cm³/mol. The summed E-state index contributed by atoms with van der Waals surface area (Å²) in [6.07, 6.45) is 11.9. The summed E-state index contributed by atoms with van der Waals surface area (Å²) < 4.78 is 7.28. The van der Waals surface area contributed by atoms with Gasteiger partial charge in [0.15, 0.2) is 0 Å².